The van der Waals surface area contributed by atoms with E-state index in [9.17, 15) is 4.79 Å². The zero-order valence-electron chi connectivity index (χ0n) is 10.7. The molecule has 1 aromatic heterocycles. The number of nitrogens with zero attached hydrogens (tertiary/aromatic N) is 2. The predicted molar refractivity (Wildman–Crippen MR) is 73.6 cm³/mol. The Morgan fingerprint density at radius 3 is 2.58 bits per heavy atom. The van der Waals surface area contributed by atoms with Crippen molar-refractivity contribution in [3.8, 4) is 0 Å². The zero-order chi connectivity index (χ0) is 13.1. The lowest BCUT2D eigenvalue weighted by Gasteiger charge is -2.22. The second-order valence-corrected chi connectivity index (χ2v) is 4.89. The van der Waals surface area contributed by atoms with E-state index in [1.54, 1.807) is 18.5 Å². The van der Waals surface area contributed by atoms with Gasteiger partial charge in [-0.2, -0.15) is 0 Å². The number of pyridine rings is 1. The topological polar surface area (TPSA) is 33.2 Å². The normalized spacial score (nSPS) is 14.1. The molecule has 1 aromatic carbocycles. The van der Waals surface area contributed by atoms with Crippen LogP contribution in [0, 0.1) is 0 Å². The summed E-state index contributed by atoms with van der Waals surface area (Å²) in [6.45, 7) is 0.680. The second-order valence-electron chi connectivity index (χ2n) is 4.89. The van der Waals surface area contributed by atoms with Crippen LogP contribution in [0.4, 0.5) is 0 Å². The van der Waals surface area contributed by atoms with Gasteiger partial charge in [0.05, 0.1) is 5.56 Å². The highest BCUT2D eigenvalue weighted by molar-refractivity contribution is 5.94. The van der Waals surface area contributed by atoms with Gasteiger partial charge in [-0.3, -0.25) is 9.78 Å². The van der Waals surface area contributed by atoms with E-state index in [-0.39, 0.29) is 5.91 Å². The summed E-state index contributed by atoms with van der Waals surface area (Å²) in [6, 6.07) is 14.2. The summed E-state index contributed by atoms with van der Waals surface area (Å²) in [5.41, 5.74) is 1.84. The van der Waals surface area contributed by atoms with Crippen molar-refractivity contribution in [1.82, 2.24) is 9.88 Å². The number of hydrogen-bond donors (Lipinski definition) is 0. The fourth-order valence-corrected chi connectivity index (χ4v) is 2.19. The molecule has 1 amide bonds. The van der Waals surface area contributed by atoms with Crippen LogP contribution in [0.3, 0.4) is 0 Å². The monoisotopic (exact) mass is 252 g/mol. The van der Waals surface area contributed by atoms with Crippen LogP contribution in [0.2, 0.25) is 0 Å². The molecule has 0 radical (unpaired) electrons. The smallest absolute Gasteiger partial charge is 0.255 e. The van der Waals surface area contributed by atoms with Crippen LogP contribution in [0.25, 0.3) is 0 Å². The first-order valence-electron chi connectivity index (χ1n) is 6.59. The van der Waals surface area contributed by atoms with Gasteiger partial charge in [-0.15, -0.1) is 0 Å². The first-order chi connectivity index (χ1) is 9.34. The molecule has 96 valence electrons. The van der Waals surface area contributed by atoms with Crippen LogP contribution < -0.4 is 0 Å². The molecule has 1 fully saturated rings. The molecule has 3 rings (SSSR count). The molecule has 0 unspecified atom stereocenters. The van der Waals surface area contributed by atoms with Crippen LogP contribution in [0.1, 0.15) is 28.8 Å². The Bertz CT molecular complexity index is 549. The average Bonchev–Trinajstić information content (AvgIpc) is 3.31. The molecule has 1 heterocycles. The number of rotatable bonds is 4. The highest BCUT2D eigenvalue weighted by Crippen LogP contribution is 2.29. The second kappa shape index (κ2) is 5.22. The molecular formula is C16H16N2O. The molecular weight excluding hydrogens is 236 g/mol. The summed E-state index contributed by atoms with van der Waals surface area (Å²) < 4.78 is 0. The standard InChI is InChI=1S/C16H16N2O/c19-16(14-7-4-10-17-11-14)18(15-8-9-15)12-13-5-2-1-3-6-13/h1-7,10-11,15H,8-9,12H2. The Kier molecular flexibility index (Phi) is 3.27. The van der Waals surface area contributed by atoms with Crippen molar-refractivity contribution >= 4 is 5.91 Å². The number of benzene rings is 1. The molecule has 0 atom stereocenters. The zero-order valence-corrected chi connectivity index (χ0v) is 10.7. The summed E-state index contributed by atoms with van der Waals surface area (Å²) in [4.78, 5) is 18.5. The van der Waals surface area contributed by atoms with Gasteiger partial charge in [-0.05, 0) is 30.5 Å². The van der Waals surface area contributed by atoms with Crippen LogP contribution in [0.5, 0.6) is 0 Å². The molecule has 2 aromatic rings. The fourth-order valence-electron chi connectivity index (χ4n) is 2.19. The van der Waals surface area contributed by atoms with E-state index in [0.717, 1.165) is 12.8 Å². The minimum Gasteiger partial charge on any atom is -0.331 e. The summed E-state index contributed by atoms with van der Waals surface area (Å²) >= 11 is 0. The largest absolute Gasteiger partial charge is 0.331 e. The summed E-state index contributed by atoms with van der Waals surface area (Å²) in [5, 5.41) is 0. The maximum Gasteiger partial charge on any atom is 0.255 e. The minimum absolute atomic E-state index is 0.0828. The van der Waals surface area contributed by atoms with Gasteiger partial charge in [0.1, 0.15) is 0 Å². The predicted octanol–water partition coefficient (Wildman–Crippen LogP) is 2.89. The molecule has 1 aliphatic carbocycles. The summed E-state index contributed by atoms with van der Waals surface area (Å²) in [6.07, 6.45) is 5.55. The van der Waals surface area contributed by atoms with Crippen molar-refractivity contribution in [2.75, 3.05) is 0 Å². The van der Waals surface area contributed by atoms with Gasteiger partial charge in [-0.25, -0.2) is 0 Å². The minimum atomic E-state index is 0.0828. The van der Waals surface area contributed by atoms with Crippen LogP contribution in [-0.4, -0.2) is 21.8 Å². The van der Waals surface area contributed by atoms with Crippen molar-refractivity contribution < 1.29 is 4.79 Å². The van der Waals surface area contributed by atoms with E-state index in [2.05, 4.69) is 17.1 Å². The van der Waals surface area contributed by atoms with Gasteiger partial charge in [0.15, 0.2) is 0 Å². The lowest BCUT2D eigenvalue weighted by atomic mass is 10.2. The summed E-state index contributed by atoms with van der Waals surface area (Å²) in [5.74, 6) is 0.0828. The van der Waals surface area contributed by atoms with E-state index in [0.29, 0.717) is 18.2 Å². The first-order valence-corrected chi connectivity index (χ1v) is 6.59. The van der Waals surface area contributed by atoms with Gasteiger partial charge in [0, 0.05) is 25.0 Å². The molecule has 0 N–H and O–H groups in total. The molecule has 1 aliphatic rings. The number of aromatic nitrogens is 1. The van der Waals surface area contributed by atoms with Crippen LogP contribution in [-0.2, 0) is 6.54 Å². The Morgan fingerprint density at radius 2 is 1.95 bits per heavy atom. The maximum absolute atomic E-state index is 12.5. The molecule has 0 saturated heterocycles. The number of amides is 1. The Balaban J connectivity index is 1.80. The highest BCUT2D eigenvalue weighted by atomic mass is 16.2. The average molecular weight is 252 g/mol. The Hall–Kier alpha value is -2.16. The van der Waals surface area contributed by atoms with Gasteiger partial charge in [0.2, 0.25) is 0 Å². The lowest BCUT2D eigenvalue weighted by molar-refractivity contribution is 0.0729. The fraction of sp³-hybridized carbons (Fsp3) is 0.250. The molecule has 19 heavy (non-hydrogen) atoms. The van der Waals surface area contributed by atoms with Gasteiger partial charge < -0.3 is 4.90 Å². The molecule has 0 aliphatic heterocycles. The third-order valence-electron chi connectivity index (χ3n) is 3.35. The van der Waals surface area contributed by atoms with E-state index >= 15 is 0 Å². The molecule has 0 bridgehead atoms. The van der Waals surface area contributed by atoms with Gasteiger partial charge >= 0.3 is 0 Å². The molecule has 3 nitrogen and oxygen atoms in total. The van der Waals surface area contributed by atoms with Crippen LogP contribution in [0.15, 0.2) is 54.9 Å². The number of hydrogen-bond acceptors (Lipinski definition) is 2. The van der Waals surface area contributed by atoms with Crippen molar-refractivity contribution in [1.29, 1.82) is 0 Å². The SMILES string of the molecule is O=C(c1cccnc1)N(Cc1ccccc1)C1CC1. The number of carbonyl (C=O) groups excluding carboxylic acids is 1. The lowest BCUT2D eigenvalue weighted by Crippen LogP contribution is -2.32. The van der Waals surface area contributed by atoms with Gasteiger partial charge in [0.25, 0.3) is 5.91 Å². The Morgan fingerprint density at radius 1 is 1.16 bits per heavy atom. The van der Waals surface area contributed by atoms with Crippen molar-refractivity contribution in [3.63, 3.8) is 0 Å². The van der Waals surface area contributed by atoms with E-state index in [1.807, 2.05) is 29.2 Å². The third kappa shape index (κ3) is 2.81. The van der Waals surface area contributed by atoms with E-state index in [1.165, 1.54) is 5.56 Å². The van der Waals surface area contributed by atoms with Crippen molar-refractivity contribution in [2.45, 2.75) is 25.4 Å². The number of carbonyl (C=O) groups is 1. The van der Waals surface area contributed by atoms with Crippen molar-refractivity contribution in [3.05, 3.63) is 66.0 Å². The molecule has 1 saturated carbocycles. The molecule has 3 heteroatoms. The first kappa shape index (κ1) is 11.9. The molecule has 0 spiro atoms. The van der Waals surface area contributed by atoms with Crippen LogP contribution >= 0.6 is 0 Å². The maximum atomic E-state index is 12.5. The third-order valence-corrected chi connectivity index (χ3v) is 3.35. The Labute approximate surface area is 112 Å². The quantitative estimate of drug-likeness (QED) is 0.838. The highest BCUT2D eigenvalue weighted by Gasteiger charge is 2.33. The van der Waals surface area contributed by atoms with E-state index in [4.69, 9.17) is 0 Å². The van der Waals surface area contributed by atoms with E-state index < -0.39 is 0 Å². The van der Waals surface area contributed by atoms with Crippen molar-refractivity contribution in [2.24, 2.45) is 0 Å². The van der Waals surface area contributed by atoms with Gasteiger partial charge in [-0.1, -0.05) is 30.3 Å². The summed E-state index contributed by atoms with van der Waals surface area (Å²) in [7, 11) is 0.